The molecular weight excluding hydrogens is 262 g/mol. The van der Waals surface area contributed by atoms with Crippen LogP contribution in [0, 0.1) is 0 Å². The van der Waals surface area contributed by atoms with Gasteiger partial charge in [-0.25, -0.2) is 0 Å². The van der Waals surface area contributed by atoms with E-state index in [4.69, 9.17) is 9.83 Å². The highest BCUT2D eigenvalue weighted by Gasteiger charge is 2.46. The van der Waals surface area contributed by atoms with Gasteiger partial charge in [-0.3, -0.25) is 0 Å². The summed E-state index contributed by atoms with van der Waals surface area (Å²) >= 11 is 0. The lowest BCUT2D eigenvalue weighted by molar-refractivity contribution is -0.0997. The summed E-state index contributed by atoms with van der Waals surface area (Å²) in [7, 11) is 5.78. The molecule has 1 aliphatic heterocycles. The van der Waals surface area contributed by atoms with Crippen molar-refractivity contribution in [2.75, 3.05) is 21.1 Å². The van der Waals surface area contributed by atoms with E-state index in [1.807, 2.05) is 67.5 Å². The standard InChI is InChI=1S/C17H19N3O/c1-19(2)16-18-17(20(3)21-16,14-10-6-4-7-11-14)15-12-8-5-9-13-15/h4-13H,1-3H3. The Bertz CT molecular complexity index is 598. The predicted molar refractivity (Wildman–Crippen MR) is 83.6 cm³/mol. The van der Waals surface area contributed by atoms with Crippen LogP contribution < -0.4 is 0 Å². The fourth-order valence-electron chi connectivity index (χ4n) is 2.60. The van der Waals surface area contributed by atoms with E-state index in [1.165, 1.54) is 0 Å². The quantitative estimate of drug-likeness (QED) is 0.847. The lowest BCUT2D eigenvalue weighted by Gasteiger charge is -2.31. The summed E-state index contributed by atoms with van der Waals surface area (Å²) in [6, 6.07) is 21.0. The zero-order chi connectivity index (χ0) is 14.9. The van der Waals surface area contributed by atoms with E-state index < -0.39 is 5.66 Å². The molecule has 3 rings (SSSR count). The van der Waals surface area contributed by atoms with Crippen LogP contribution in [0.2, 0.25) is 0 Å². The number of rotatable bonds is 2. The second-order valence-electron chi connectivity index (χ2n) is 5.28. The third-order valence-corrected chi connectivity index (χ3v) is 3.67. The topological polar surface area (TPSA) is 28.1 Å². The zero-order valence-corrected chi connectivity index (χ0v) is 12.5. The first-order valence-electron chi connectivity index (χ1n) is 6.94. The van der Waals surface area contributed by atoms with Crippen LogP contribution >= 0.6 is 0 Å². The molecule has 0 unspecified atom stereocenters. The number of amidine groups is 1. The minimum absolute atomic E-state index is 0.602. The summed E-state index contributed by atoms with van der Waals surface area (Å²) in [4.78, 5) is 12.6. The minimum Gasteiger partial charge on any atom is -0.365 e. The van der Waals surface area contributed by atoms with Crippen LogP contribution in [0.15, 0.2) is 65.7 Å². The van der Waals surface area contributed by atoms with Crippen molar-refractivity contribution in [3.63, 3.8) is 0 Å². The maximum Gasteiger partial charge on any atom is 0.310 e. The van der Waals surface area contributed by atoms with E-state index in [0.29, 0.717) is 6.02 Å². The molecule has 0 bridgehead atoms. The summed E-state index contributed by atoms with van der Waals surface area (Å²) in [5, 5.41) is 1.81. The molecule has 2 aromatic rings. The molecule has 0 radical (unpaired) electrons. The van der Waals surface area contributed by atoms with Crippen molar-refractivity contribution in [3.8, 4) is 0 Å². The van der Waals surface area contributed by atoms with Gasteiger partial charge in [0.25, 0.3) is 0 Å². The van der Waals surface area contributed by atoms with E-state index >= 15 is 0 Å². The second-order valence-corrected chi connectivity index (χ2v) is 5.28. The third kappa shape index (κ3) is 2.17. The molecule has 0 amide bonds. The van der Waals surface area contributed by atoms with Crippen molar-refractivity contribution < 1.29 is 4.84 Å². The molecule has 1 aliphatic rings. The Hall–Kier alpha value is -2.33. The fraction of sp³-hybridized carbons (Fsp3) is 0.235. The van der Waals surface area contributed by atoms with E-state index in [0.717, 1.165) is 11.1 Å². The normalized spacial score (nSPS) is 17.2. The lowest BCUT2D eigenvalue weighted by atomic mass is 9.91. The molecule has 2 aromatic carbocycles. The van der Waals surface area contributed by atoms with Crippen LogP contribution in [0.5, 0.6) is 0 Å². The highest BCUT2D eigenvalue weighted by Crippen LogP contribution is 2.40. The van der Waals surface area contributed by atoms with E-state index in [1.54, 1.807) is 0 Å². The van der Waals surface area contributed by atoms with Crippen molar-refractivity contribution in [1.82, 2.24) is 9.96 Å². The van der Waals surface area contributed by atoms with Crippen molar-refractivity contribution in [1.29, 1.82) is 0 Å². The summed E-state index contributed by atoms with van der Waals surface area (Å²) in [6.45, 7) is 0. The fourth-order valence-corrected chi connectivity index (χ4v) is 2.60. The molecule has 0 aliphatic carbocycles. The Kier molecular flexibility index (Phi) is 3.39. The van der Waals surface area contributed by atoms with Gasteiger partial charge in [0.2, 0.25) is 5.66 Å². The summed E-state index contributed by atoms with van der Waals surface area (Å²) in [5.74, 6) is 0. The molecule has 21 heavy (non-hydrogen) atoms. The van der Waals surface area contributed by atoms with Gasteiger partial charge >= 0.3 is 6.02 Å². The van der Waals surface area contributed by atoms with Crippen LogP contribution in [-0.4, -0.2) is 37.1 Å². The SMILES string of the molecule is CN(C)C1=NC(c2ccccc2)(c2ccccc2)N(C)O1. The van der Waals surface area contributed by atoms with Crippen molar-refractivity contribution >= 4 is 6.02 Å². The molecule has 4 heteroatoms. The number of hydroxylamine groups is 2. The number of nitrogens with zero attached hydrogens (tertiary/aromatic N) is 3. The van der Waals surface area contributed by atoms with E-state index in [9.17, 15) is 0 Å². The van der Waals surface area contributed by atoms with Crippen LogP contribution in [0.4, 0.5) is 0 Å². The van der Waals surface area contributed by atoms with Gasteiger partial charge in [0, 0.05) is 32.3 Å². The second kappa shape index (κ2) is 5.22. The van der Waals surface area contributed by atoms with Crippen LogP contribution in [0.25, 0.3) is 0 Å². The minimum atomic E-state index is -0.651. The van der Waals surface area contributed by atoms with Crippen molar-refractivity contribution in [3.05, 3.63) is 71.8 Å². The monoisotopic (exact) mass is 281 g/mol. The highest BCUT2D eigenvalue weighted by atomic mass is 16.7. The van der Waals surface area contributed by atoms with Gasteiger partial charge in [0.05, 0.1) is 0 Å². The summed E-state index contributed by atoms with van der Waals surface area (Å²) in [5.41, 5.74) is 1.51. The molecule has 0 spiro atoms. The summed E-state index contributed by atoms with van der Waals surface area (Å²) < 4.78 is 0. The Morgan fingerprint density at radius 2 is 1.38 bits per heavy atom. The molecule has 108 valence electrons. The van der Waals surface area contributed by atoms with Crippen molar-refractivity contribution in [2.24, 2.45) is 4.99 Å². The van der Waals surface area contributed by atoms with Gasteiger partial charge in [0.1, 0.15) is 0 Å². The average molecular weight is 281 g/mol. The maximum absolute atomic E-state index is 5.86. The van der Waals surface area contributed by atoms with E-state index in [2.05, 4.69) is 24.3 Å². The first-order valence-corrected chi connectivity index (χ1v) is 6.94. The smallest absolute Gasteiger partial charge is 0.310 e. The Morgan fingerprint density at radius 3 is 1.76 bits per heavy atom. The van der Waals surface area contributed by atoms with Gasteiger partial charge in [-0.05, 0) is 0 Å². The van der Waals surface area contributed by atoms with Crippen molar-refractivity contribution in [2.45, 2.75) is 5.66 Å². The van der Waals surface area contributed by atoms with Gasteiger partial charge in [0.15, 0.2) is 0 Å². The first-order chi connectivity index (χ1) is 10.1. The zero-order valence-electron chi connectivity index (χ0n) is 12.5. The largest absolute Gasteiger partial charge is 0.365 e. The maximum atomic E-state index is 5.86. The predicted octanol–water partition coefficient (Wildman–Crippen LogP) is 2.68. The molecule has 0 fully saturated rings. The first kappa shape index (κ1) is 13.6. The number of hydrogen-bond acceptors (Lipinski definition) is 4. The Labute approximate surface area is 125 Å². The Morgan fingerprint density at radius 1 is 0.905 bits per heavy atom. The number of aliphatic imine (C=N–C) groups is 1. The van der Waals surface area contributed by atoms with Crippen LogP contribution in [0.3, 0.4) is 0 Å². The van der Waals surface area contributed by atoms with Gasteiger partial charge in [-0.2, -0.15) is 4.99 Å². The number of hydrogen-bond donors (Lipinski definition) is 0. The molecule has 0 aromatic heterocycles. The molecule has 0 saturated heterocycles. The van der Waals surface area contributed by atoms with Crippen LogP contribution in [-0.2, 0) is 10.5 Å². The van der Waals surface area contributed by atoms with Gasteiger partial charge < -0.3 is 9.74 Å². The van der Waals surface area contributed by atoms with E-state index in [-0.39, 0.29) is 0 Å². The number of benzene rings is 2. The molecular formula is C17H19N3O. The third-order valence-electron chi connectivity index (χ3n) is 3.67. The summed E-state index contributed by atoms with van der Waals surface area (Å²) in [6.07, 6.45) is 0. The Balaban J connectivity index is 2.22. The average Bonchev–Trinajstić information content (AvgIpc) is 2.88. The van der Waals surface area contributed by atoms with Gasteiger partial charge in [-0.15, -0.1) is 5.06 Å². The molecule has 0 atom stereocenters. The highest BCUT2D eigenvalue weighted by molar-refractivity contribution is 5.76. The molecule has 0 N–H and O–H groups in total. The lowest BCUT2D eigenvalue weighted by Crippen LogP contribution is -2.39. The molecule has 1 heterocycles. The van der Waals surface area contributed by atoms with Crippen LogP contribution in [0.1, 0.15) is 11.1 Å². The van der Waals surface area contributed by atoms with Gasteiger partial charge in [-0.1, -0.05) is 60.7 Å². The molecule has 0 saturated carbocycles. The molecule has 4 nitrogen and oxygen atoms in total.